The van der Waals surface area contributed by atoms with Crippen LogP contribution in [-0.4, -0.2) is 42.0 Å². The molecule has 0 saturated heterocycles. The number of aliphatic imine (C=N–C) groups is 1. The van der Waals surface area contributed by atoms with Crippen molar-refractivity contribution >= 4 is 21.6 Å². The van der Waals surface area contributed by atoms with Gasteiger partial charge in [0.2, 0.25) is 10.0 Å². The normalized spacial score (nSPS) is 26.7. The predicted octanol–water partition coefficient (Wildman–Crippen LogP) is 5.53. The number of nitrogens with one attached hydrogen (secondary N) is 1. The summed E-state index contributed by atoms with van der Waals surface area (Å²) >= 11 is 0. The Morgan fingerprint density at radius 2 is 1.55 bits per heavy atom. The van der Waals surface area contributed by atoms with Gasteiger partial charge in [-0.15, -0.1) is 0 Å². The molecule has 7 rings (SSSR count). The summed E-state index contributed by atoms with van der Waals surface area (Å²) in [5.41, 5.74) is -1.54. The smallest absolute Gasteiger partial charge is 0.360 e. The molecule has 1 heterocycles. The highest BCUT2D eigenvalue weighted by molar-refractivity contribution is 7.89. The molecule has 0 spiro atoms. The molecular formula is C31H29F4N3O3S. The lowest BCUT2D eigenvalue weighted by Gasteiger charge is -2.73. The van der Waals surface area contributed by atoms with Crippen LogP contribution < -0.4 is 5.32 Å². The molecular weight excluding hydrogens is 570 g/mol. The number of rotatable bonds is 9. The molecule has 0 unspecified atom stereocenters. The Morgan fingerprint density at radius 3 is 2.14 bits per heavy atom. The first-order valence-corrected chi connectivity index (χ1v) is 15.0. The molecule has 42 heavy (non-hydrogen) atoms. The SMILES string of the molecule is C[C@]1(C(=O)Cc2ccccc2)CN=C(C23CC(N(Cc4ccc(C(F)(F)F)cc4)S(=O)(=O)c4ccc(F)cc4)(C2)C3)N1. The van der Waals surface area contributed by atoms with E-state index in [0.717, 1.165) is 29.8 Å². The number of halogens is 4. The molecule has 11 heteroatoms. The molecule has 1 atom stereocenters. The fourth-order valence-corrected chi connectivity index (χ4v) is 8.23. The Hall–Kier alpha value is -3.57. The minimum absolute atomic E-state index is 0.0107. The van der Waals surface area contributed by atoms with Crippen LogP contribution in [0.25, 0.3) is 0 Å². The maximum atomic E-state index is 13.9. The molecule has 3 aromatic carbocycles. The fraction of sp³-hybridized carbons (Fsp3) is 0.355. The Morgan fingerprint density at radius 1 is 0.929 bits per heavy atom. The quantitative estimate of drug-likeness (QED) is 0.328. The van der Waals surface area contributed by atoms with E-state index in [0.29, 0.717) is 30.7 Å². The number of alkyl halides is 3. The second-order valence-corrected chi connectivity index (χ2v) is 13.8. The second kappa shape index (κ2) is 9.74. The maximum Gasteiger partial charge on any atom is 0.416 e. The first-order valence-electron chi connectivity index (χ1n) is 13.6. The summed E-state index contributed by atoms with van der Waals surface area (Å²) in [5.74, 6) is 0.126. The lowest BCUT2D eigenvalue weighted by molar-refractivity contribution is -0.151. The van der Waals surface area contributed by atoms with Crippen molar-refractivity contribution in [3.8, 4) is 0 Å². The molecule has 6 nitrogen and oxygen atoms in total. The molecule has 0 amide bonds. The van der Waals surface area contributed by atoms with Crippen LogP contribution in [0.2, 0.25) is 0 Å². The molecule has 3 aliphatic carbocycles. The zero-order valence-electron chi connectivity index (χ0n) is 22.8. The molecule has 0 aromatic heterocycles. The summed E-state index contributed by atoms with van der Waals surface area (Å²) in [7, 11) is -4.13. The van der Waals surface area contributed by atoms with Gasteiger partial charge in [0.25, 0.3) is 0 Å². The van der Waals surface area contributed by atoms with E-state index in [1.807, 2.05) is 37.3 Å². The van der Waals surface area contributed by atoms with Crippen LogP contribution >= 0.6 is 0 Å². The van der Waals surface area contributed by atoms with Gasteiger partial charge >= 0.3 is 6.18 Å². The Kier molecular flexibility index (Phi) is 6.62. The van der Waals surface area contributed by atoms with Gasteiger partial charge in [-0.2, -0.15) is 17.5 Å². The molecule has 220 valence electrons. The zero-order chi connectivity index (χ0) is 30.0. The van der Waals surface area contributed by atoms with E-state index >= 15 is 0 Å². The number of sulfonamides is 1. The van der Waals surface area contributed by atoms with Crippen LogP contribution in [0.3, 0.4) is 0 Å². The van der Waals surface area contributed by atoms with Crippen molar-refractivity contribution in [2.45, 2.75) is 61.3 Å². The molecule has 3 saturated carbocycles. The number of Topliss-reactive ketones (excluding diaryl/α,β-unsaturated/α-hetero) is 1. The second-order valence-electron chi connectivity index (χ2n) is 11.9. The van der Waals surface area contributed by atoms with Crippen molar-refractivity contribution in [2.75, 3.05) is 6.54 Å². The average molecular weight is 600 g/mol. The largest absolute Gasteiger partial charge is 0.416 e. The number of amidine groups is 1. The van der Waals surface area contributed by atoms with Crippen LogP contribution in [0, 0.1) is 11.2 Å². The van der Waals surface area contributed by atoms with Crippen LogP contribution in [0.15, 0.2) is 88.8 Å². The summed E-state index contributed by atoms with van der Waals surface area (Å²) in [4.78, 5) is 17.8. The Labute approximate surface area is 241 Å². The monoisotopic (exact) mass is 599 g/mol. The number of carbonyl (C=O) groups excluding carboxylic acids is 1. The van der Waals surface area contributed by atoms with E-state index < -0.39 is 44.1 Å². The molecule has 3 fully saturated rings. The van der Waals surface area contributed by atoms with Gasteiger partial charge in [0, 0.05) is 23.9 Å². The van der Waals surface area contributed by atoms with E-state index in [2.05, 4.69) is 10.3 Å². The van der Waals surface area contributed by atoms with Gasteiger partial charge in [-0.05, 0) is 73.7 Å². The number of ketones is 1. The third-order valence-electron chi connectivity index (χ3n) is 8.81. The summed E-state index contributed by atoms with van der Waals surface area (Å²) in [6, 6.07) is 18.4. The standard InChI is InChI=1S/C31H29F4N3O3S/c1-28(26(39)15-21-5-3-2-4-6-21)20-36-27(37-28)29-17-30(18-29,19-29)38(42(40,41)25-13-11-24(32)12-14-25)16-22-7-9-23(10-8-22)31(33,34)35/h2-14H,15-20H2,1H3,(H,36,37)/t28-,29?,30?/m1/s1. The minimum Gasteiger partial charge on any atom is -0.360 e. The maximum absolute atomic E-state index is 13.9. The van der Waals surface area contributed by atoms with Gasteiger partial charge in [0.1, 0.15) is 17.2 Å². The molecule has 3 aromatic rings. The minimum atomic E-state index is -4.51. The first kappa shape index (κ1) is 28.5. The first-order chi connectivity index (χ1) is 19.7. The van der Waals surface area contributed by atoms with Gasteiger partial charge in [0.15, 0.2) is 5.78 Å². The van der Waals surface area contributed by atoms with Crippen LogP contribution in [0.5, 0.6) is 0 Å². The number of hydrogen-bond donors (Lipinski definition) is 1. The molecule has 2 bridgehead atoms. The van der Waals surface area contributed by atoms with E-state index in [1.54, 1.807) is 0 Å². The third-order valence-corrected chi connectivity index (χ3v) is 10.8. The van der Waals surface area contributed by atoms with Gasteiger partial charge in [-0.1, -0.05) is 42.5 Å². The van der Waals surface area contributed by atoms with E-state index in [9.17, 15) is 30.8 Å². The van der Waals surface area contributed by atoms with Gasteiger partial charge < -0.3 is 5.32 Å². The van der Waals surface area contributed by atoms with Crippen molar-refractivity contribution in [2.24, 2.45) is 10.4 Å². The van der Waals surface area contributed by atoms with Gasteiger partial charge in [0.05, 0.1) is 17.0 Å². The van der Waals surface area contributed by atoms with Crippen molar-refractivity contribution in [1.82, 2.24) is 9.62 Å². The molecule has 0 radical (unpaired) electrons. The van der Waals surface area contributed by atoms with Gasteiger partial charge in [-0.25, -0.2) is 12.8 Å². The van der Waals surface area contributed by atoms with Crippen molar-refractivity contribution in [3.63, 3.8) is 0 Å². The number of benzene rings is 3. The number of hydrogen-bond acceptors (Lipinski definition) is 5. The summed E-state index contributed by atoms with van der Waals surface area (Å²) < 4.78 is 82.0. The van der Waals surface area contributed by atoms with E-state index in [4.69, 9.17) is 0 Å². The Bertz CT molecular complexity index is 1640. The van der Waals surface area contributed by atoms with E-state index in [1.165, 1.54) is 28.6 Å². The number of carbonyl (C=O) groups is 1. The number of nitrogens with zero attached hydrogens (tertiary/aromatic N) is 2. The fourth-order valence-electron chi connectivity index (χ4n) is 6.47. The molecule has 1 N–H and O–H groups in total. The third kappa shape index (κ3) is 4.82. The predicted molar refractivity (Wildman–Crippen MR) is 149 cm³/mol. The lowest BCUT2D eigenvalue weighted by atomic mass is 9.38. The van der Waals surface area contributed by atoms with Crippen molar-refractivity contribution < 1.29 is 30.8 Å². The molecule has 1 aliphatic heterocycles. The summed E-state index contributed by atoms with van der Waals surface area (Å²) in [6.45, 7) is 1.97. The lowest BCUT2D eigenvalue weighted by Crippen LogP contribution is -2.78. The summed E-state index contributed by atoms with van der Waals surface area (Å²) in [6.07, 6.45) is -2.88. The molecule has 4 aliphatic rings. The highest BCUT2D eigenvalue weighted by Gasteiger charge is 2.75. The van der Waals surface area contributed by atoms with Crippen molar-refractivity contribution in [3.05, 3.63) is 101 Å². The van der Waals surface area contributed by atoms with E-state index in [-0.39, 0.29) is 30.2 Å². The highest BCUT2D eigenvalue weighted by Crippen LogP contribution is 2.71. The van der Waals surface area contributed by atoms with Crippen LogP contribution in [0.1, 0.15) is 42.9 Å². The van der Waals surface area contributed by atoms with Gasteiger partial charge in [-0.3, -0.25) is 9.79 Å². The Balaban J connectivity index is 1.21. The van der Waals surface area contributed by atoms with Crippen LogP contribution in [0.4, 0.5) is 17.6 Å². The average Bonchev–Trinajstić information content (AvgIpc) is 3.30. The topological polar surface area (TPSA) is 78.8 Å². The highest BCUT2D eigenvalue weighted by atomic mass is 32.2. The van der Waals surface area contributed by atoms with Crippen molar-refractivity contribution in [1.29, 1.82) is 0 Å². The zero-order valence-corrected chi connectivity index (χ0v) is 23.6. The summed E-state index contributed by atoms with van der Waals surface area (Å²) in [5, 5.41) is 3.35. The van der Waals surface area contributed by atoms with Crippen LogP contribution in [-0.2, 0) is 34.0 Å².